The van der Waals surface area contributed by atoms with E-state index in [0.717, 1.165) is 17.7 Å². The average molecular weight is 387 g/mol. The first-order valence-corrected chi connectivity index (χ1v) is 8.74. The minimum atomic E-state index is -4.44. The van der Waals surface area contributed by atoms with E-state index < -0.39 is 17.7 Å². The van der Waals surface area contributed by atoms with Gasteiger partial charge in [0.25, 0.3) is 5.56 Å². The molecular formula is C20H16F3N3O2. The number of carbonyl (C=O) groups excluding carboxylic acids is 1. The molecule has 4 rings (SSSR count). The summed E-state index contributed by atoms with van der Waals surface area (Å²) in [6.45, 7) is 0.997. The molecule has 0 saturated carbocycles. The first-order valence-electron chi connectivity index (χ1n) is 8.74. The highest BCUT2D eigenvalue weighted by Gasteiger charge is 2.35. The second-order valence-electron chi connectivity index (χ2n) is 6.82. The lowest BCUT2D eigenvalue weighted by Crippen LogP contribution is -2.22. The van der Waals surface area contributed by atoms with Gasteiger partial charge < -0.3 is 10.3 Å². The zero-order chi connectivity index (χ0) is 19.9. The molecule has 2 N–H and O–H groups in total. The Morgan fingerprint density at radius 1 is 1.07 bits per heavy atom. The van der Waals surface area contributed by atoms with Gasteiger partial charge in [-0.2, -0.15) is 13.2 Å². The van der Waals surface area contributed by atoms with Gasteiger partial charge in [-0.05, 0) is 29.8 Å². The van der Waals surface area contributed by atoms with Crippen molar-refractivity contribution < 1.29 is 18.0 Å². The largest absolute Gasteiger partial charge is 0.416 e. The van der Waals surface area contributed by atoms with Gasteiger partial charge in [-0.25, -0.2) is 4.98 Å². The van der Waals surface area contributed by atoms with Crippen LogP contribution in [-0.2, 0) is 6.18 Å². The maximum atomic E-state index is 12.9. The van der Waals surface area contributed by atoms with Crippen molar-refractivity contribution >= 4 is 16.7 Å². The molecule has 0 spiro atoms. The van der Waals surface area contributed by atoms with Gasteiger partial charge in [0.15, 0.2) is 5.78 Å². The van der Waals surface area contributed by atoms with Gasteiger partial charge in [0.1, 0.15) is 0 Å². The van der Waals surface area contributed by atoms with Crippen LogP contribution in [0.1, 0.15) is 27.4 Å². The van der Waals surface area contributed by atoms with E-state index in [4.69, 9.17) is 0 Å². The average Bonchev–Trinajstić information content (AvgIpc) is 3.16. The summed E-state index contributed by atoms with van der Waals surface area (Å²) >= 11 is 0. The molecule has 3 aromatic rings. The van der Waals surface area contributed by atoms with E-state index in [-0.39, 0.29) is 22.8 Å². The van der Waals surface area contributed by atoms with Crippen molar-refractivity contribution in [1.82, 2.24) is 15.3 Å². The van der Waals surface area contributed by atoms with Crippen LogP contribution >= 0.6 is 0 Å². The van der Waals surface area contributed by atoms with Gasteiger partial charge in [-0.3, -0.25) is 9.59 Å². The van der Waals surface area contributed by atoms with E-state index in [9.17, 15) is 22.8 Å². The van der Waals surface area contributed by atoms with Crippen LogP contribution in [0.15, 0.2) is 53.6 Å². The second-order valence-corrected chi connectivity index (χ2v) is 6.82. The molecule has 8 heteroatoms. The van der Waals surface area contributed by atoms with Crippen molar-refractivity contribution in [3.63, 3.8) is 0 Å². The molecule has 144 valence electrons. The van der Waals surface area contributed by atoms with E-state index in [1.807, 2.05) is 0 Å². The van der Waals surface area contributed by atoms with Gasteiger partial charge >= 0.3 is 6.18 Å². The van der Waals surface area contributed by atoms with Crippen LogP contribution in [0.5, 0.6) is 0 Å². The molecule has 1 aliphatic heterocycles. The molecule has 2 atom stereocenters. The Morgan fingerprint density at radius 3 is 2.54 bits per heavy atom. The molecule has 0 bridgehead atoms. The lowest BCUT2D eigenvalue weighted by molar-refractivity contribution is -0.137. The van der Waals surface area contributed by atoms with Crippen molar-refractivity contribution in [1.29, 1.82) is 0 Å². The van der Waals surface area contributed by atoms with E-state index in [1.54, 1.807) is 18.2 Å². The number of hydrogen-bond acceptors (Lipinski definition) is 4. The van der Waals surface area contributed by atoms with Crippen molar-refractivity contribution in [2.75, 3.05) is 13.1 Å². The fourth-order valence-electron chi connectivity index (χ4n) is 3.66. The number of hydrogen-bond donors (Lipinski definition) is 2. The van der Waals surface area contributed by atoms with Gasteiger partial charge in [0.05, 0.1) is 22.8 Å². The quantitative estimate of drug-likeness (QED) is 0.677. The summed E-state index contributed by atoms with van der Waals surface area (Å²) in [5, 5.41) is 3.64. The SMILES string of the molecule is O=C(c1ccc(C(F)(F)F)cc1)[C@H]1CNC[C@@H]1c1ccc2c(=O)[nH]cnc2c1. The van der Waals surface area contributed by atoms with E-state index in [2.05, 4.69) is 15.3 Å². The zero-order valence-corrected chi connectivity index (χ0v) is 14.6. The number of aromatic nitrogens is 2. The number of nitrogens with zero attached hydrogens (tertiary/aromatic N) is 1. The Kier molecular flexibility index (Phi) is 4.50. The molecule has 2 heterocycles. The highest BCUT2D eigenvalue weighted by molar-refractivity contribution is 5.99. The highest BCUT2D eigenvalue weighted by Crippen LogP contribution is 2.33. The number of carbonyl (C=O) groups is 1. The number of ketones is 1. The van der Waals surface area contributed by atoms with E-state index in [0.29, 0.717) is 24.0 Å². The predicted molar refractivity (Wildman–Crippen MR) is 97.2 cm³/mol. The molecule has 0 radical (unpaired) electrons. The summed E-state index contributed by atoms with van der Waals surface area (Å²) in [4.78, 5) is 31.4. The molecule has 0 unspecified atom stereocenters. The smallest absolute Gasteiger partial charge is 0.315 e. The fourth-order valence-corrected chi connectivity index (χ4v) is 3.66. The van der Waals surface area contributed by atoms with Crippen LogP contribution in [0.2, 0.25) is 0 Å². The molecule has 1 saturated heterocycles. The van der Waals surface area contributed by atoms with Crippen LogP contribution in [0.3, 0.4) is 0 Å². The summed E-state index contributed by atoms with van der Waals surface area (Å²) in [6, 6.07) is 9.56. The summed E-state index contributed by atoms with van der Waals surface area (Å²) in [5.74, 6) is -0.765. The summed E-state index contributed by atoms with van der Waals surface area (Å²) < 4.78 is 38.2. The van der Waals surface area contributed by atoms with E-state index in [1.165, 1.54) is 18.5 Å². The number of nitrogens with one attached hydrogen (secondary N) is 2. The third-order valence-electron chi connectivity index (χ3n) is 5.14. The van der Waals surface area contributed by atoms with Gasteiger partial charge in [0, 0.05) is 30.5 Å². The minimum absolute atomic E-state index is 0.153. The summed E-state index contributed by atoms with van der Waals surface area (Å²) in [6.07, 6.45) is -3.11. The van der Waals surface area contributed by atoms with Crippen LogP contribution in [0.25, 0.3) is 10.9 Å². The summed E-state index contributed by atoms with van der Waals surface area (Å²) in [7, 11) is 0. The number of alkyl halides is 3. The number of Topliss-reactive ketones (excluding diaryl/α,β-unsaturated/α-hetero) is 1. The molecule has 5 nitrogen and oxygen atoms in total. The van der Waals surface area contributed by atoms with Gasteiger partial charge in [-0.15, -0.1) is 0 Å². The van der Waals surface area contributed by atoms with Gasteiger partial charge in [0.2, 0.25) is 0 Å². The van der Waals surface area contributed by atoms with Crippen molar-refractivity contribution in [3.05, 3.63) is 75.8 Å². The number of H-pyrrole nitrogens is 1. The molecule has 1 aromatic heterocycles. The number of halogens is 3. The fraction of sp³-hybridized carbons (Fsp3) is 0.250. The Bertz CT molecular complexity index is 1090. The molecule has 0 amide bonds. The third-order valence-corrected chi connectivity index (χ3v) is 5.14. The highest BCUT2D eigenvalue weighted by atomic mass is 19.4. The molecule has 0 aliphatic carbocycles. The monoisotopic (exact) mass is 387 g/mol. The number of benzene rings is 2. The maximum absolute atomic E-state index is 12.9. The predicted octanol–water partition coefficient (Wildman–Crippen LogP) is 3.13. The molecule has 1 aliphatic rings. The van der Waals surface area contributed by atoms with Crippen molar-refractivity contribution in [3.8, 4) is 0 Å². The summed E-state index contributed by atoms with van der Waals surface area (Å²) in [5.41, 5.74) is 0.631. The lowest BCUT2D eigenvalue weighted by atomic mass is 9.83. The molecule has 28 heavy (non-hydrogen) atoms. The van der Waals surface area contributed by atoms with Crippen LogP contribution in [0, 0.1) is 5.92 Å². The van der Waals surface area contributed by atoms with Crippen LogP contribution < -0.4 is 10.9 Å². The molecular weight excluding hydrogens is 371 g/mol. The topological polar surface area (TPSA) is 74.8 Å². The number of rotatable bonds is 3. The van der Waals surface area contributed by atoms with Gasteiger partial charge in [-0.1, -0.05) is 18.2 Å². The minimum Gasteiger partial charge on any atom is -0.315 e. The zero-order valence-electron chi connectivity index (χ0n) is 14.6. The maximum Gasteiger partial charge on any atom is 0.416 e. The molecule has 2 aromatic carbocycles. The first-order chi connectivity index (χ1) is 13.3. The number of aromatic amines is 1. The molecule has 1 fully saturated rings. The van der Waals surface area contributed by atoms with E-state index >= 15 is 0 Å². The normalized spacial score (nSPS) is 19.8. The standard InChI is InChI=1S/C20H16F3N3O2/c21-20(22,23)13-4-1-11(2-5-13)18(27)16-9-24-8-15(16)12-3-6-14-17(7-12)25-10-26-19(14)28/h1-7,10,15-16,24H,8-9H2,(H,25,26,28)/t15-,16+/m1/s1. The van der Waals surface area contributed by atoms with Crippen LogP contribution in [0.4, 0.5) is 13.2 Å². The lowest BCUT2D eigenvalue weighted by Gasteiger charge is -2.18. The Balaban J connectivity index is 1.63. The second kappa shape index (κ2) is 6.87. The Labute approximate surface area is 157 Å². The Hall–Kier alpha value is -3.00. The van der Waals surface area contributed by atoms with Crippen LogP contribution in [-0.4, -0.2) is 28.8 Å². The van der Waals surface area contributed by atoms with Crippen molar-refractivity contribution in [2.24, 2.45) is 5.92 Å². The first kappa shape index (κ1) is 18.4. The van der Waals surface area contributed by atoms with Crippen molar-refractivity contribution in [2.45, 2.75) is 12.1 Å². The third kappa shape index (κ3) is 3.31. The number of fused-ring (bicyclic) bond motifs is 1. The Morgan fingerprint density at radius 2 is 1.82 bits per heavy atom.